The standard InChI is InChI=1S/C24H28N4O7S/c1-15(2)27(4)36(32,33)18-8-6-17(7-9-18)25-21(29)14-28-22(30)24(3,26-23(28)31)16-5-10-19-20(13-16)35-12-11-34-19/h5-10,13,15H,11-12,14H2,1-4H3,(H,25,29)(H,26,31)/t24-/m0/s1. The highest BCUT2D eigenvalue weighted by Crippen LogP contribution is 2.36. The molecule has 11 nitrogen and oxygen atoms in total. The minimum atomic E-state index is -3.66. The average molecular weight is 517 g/mol. The molecule has 0 aromatic heterocycles. The van der Waals surface area contributed by atoms with Gasteiger partial charge in [0, 0.05) is 18.8 Å². The van der Waals surface area contributed by atoms with Crippen molar-refractivity contribution in [2.45, 2.75) is 37.2 Å². The van der Waals surface area contributed by atoms with Gasteiger partial charge in [0.05, 0.1) is 4.90 Å². The molecular weight excluding hydrogens is 488 g/mol. The fourth-order valence-electron chi connectivity index (χ4n) is 3.89. The van der Waals surface area contributed by atoms with Gasteiger partial charge in [-0.1, -0.05) is 6.07 Å². The second-order valence-corrected chi connectivity index (χ2v) is 11.0. The molecule has 0 saturated carbocycles. The molecule has 0 radical (unpaired) electrons. The Morgan fingerprint density at radius 2 is 1.75 bits per heavy atom. The van der Waals surface area contributed by atoms with E-state index in [-0.39, 0.29) is 10.9 Å². The van der Waals surface area contributed by atoms with Crippen LogP contribution >= 0.6 is 0 Å². The quantitative estimate of drug-likeness (QED) is 0.537. The number of ether oxygens (including phenoxy) is 2. The number of anilines is 1. The van der Waals surface area contributed by atoms with Gasteiger partial charge in [-0.15, -0.1) is 0 Å². The van der Waals surface area contributed by atoms with Crippen LogP contribution in [0.2, 0.25) is 0 Å². The molecule has 1 atom stereocenters. The van der Waals surface area contributed by atoms with Crippen LogP contribution in [0.4, 0.5) is 10.5 Å². The molecule has 2 aliphatic rings. The summed E-state index contributed by atoms with van der Waals surface area (Å²) in [5.74, 6) is -0.170. The molecule has 1 fully saturated rings. The number of urea groups is 1. The van der Waals surface area contributed by atoms with Crippen molar-refractivity contribution >= 4 is 33.6 Å². The second-order valence-electron chi connectivity index (χ2n) is 8.99. The number of hydrogen-bond acceptors (Lipinski definition) is 7. The Hall–Kier alpha value is -3.64. The van der Waals surface area contributed by atoms with E-state index >= 15 is 0 Å². The predicted octanol–water partition coefficient (Wildman–Crippen LogP) is 1.89. The highest BCUT2D eigenvalue weighted by molar-refractivity contribution is 7.89. The predicted molar refractivity (Wildman–Crippen MR) is 130 cm³/mol. The number of carbonyl (C=O) groups excluding carboxylic acids is 3. The van der Waals surface area contributed by atoms with Gasteiger partial charge < -0.3 is 20.1 Å². The Bertz CT molecular complexity index is 1310. The summed E-state index contributed by atoms with van der Waals surface area (Å²) in [5.41, 5.74) is -0.560. The molecule has 192 valence electrons. The van der Waals surface area contributed by atoms with Gasteiger partial charge in [0.1, 0.15) is 25.3 Å². The van der Waals surface area contributed by atoms with Gasteiger partial charge in [0.2, 0.25) is 15.9 Å². The molecule has 0 bridgehead atoms. The molecule has 12 heteroatoms. The number of fused-ring (bicyclic) bond motifs is 1. The smallest absolute Gasteiger partial charge is 0.325 e. The first-order valence-corrected chi connectivity index (χ1v) is 12.8. The molecule has 36 heavy (non-hydrogen) atoms. The third-order valence-corrected chi connectivity index (χ3v) is 8.29. The van der Waals surface area contributed by atoms with E-state index in [1.165, 1.54) is 35.6 Å². The average Bonchev–Trinajstić information content (AvgIpc) is 3.07. The zero-order valence-electron chi connectivity index (χ0n) is 20.4. The highest BCUT2D eigenvalue weighted by atomic mass is 32.2. The van der Waals surface area contributed by atoms with Crippen LogP contribution in [-0.4, -0.2) is 68.3 Å². The van der Waals surface area contributed by atoms with Gasteiger partial charge in [-0.05, 0) is 62.7 Å². The Balaban J connectivity index is 1.44. The monoisotopic (exact) mass is 516 g/mol. The molecular formula is C24H28N4O7S. The van der Waals surface area contributed by atoms with Crippen LogP contribution in [0.3, 0.4) is 0 Å². The van der Waals surface area contributed by atoms with Crippen LogP contribution in [-0.2, 0) is 25.2 Å². The molecule has 2 aromatic rings. The molecule has 0 spiro atoms. The van der Waals surface area contributed by atoms with Gasteiger partial charge in [-0.2, -0.15) is 4.31 Å². The Kier molecular flexibility index (Phi) is 6.67. The molecule has 2 aromatic carbocycles. The zero-order valence-corrected chi connectivity index (χ0v) is 21.2. The topological polar surface area (TPSA) is 134 Å². The SMILES string of the molecule is CC(C)N(C)S(=O)(=O)c1ccc(NC(=O)CN2C(=O)N[C@@](C)(c3ccc4c(c3)OCCO4)C2=O)cc1. The van der Waals surface area contributed by atoms with Gasteiger partial charge in [0.25, 0.3) is 5.91 Å². The summed E-state index contributed by atoms with van der Waals surface area (Å²) in [4.78, 5) is 39.3. The molecule has 0 unspecified atom stereocenters. The second kappa shape index (κ2) is 9.43. The van der Waals surface area contributed by atoms with Gasteiger partial charge >= 0.3 is 6.03 Å². The van der Waals surface area contributed by atoms with Crippen molar-refractivity contribution in [3.63, 3.8) is 0 Å². The maximum absolute atomic E-state index is 13.2. The Morgan fingerprint density at radius 3 is 2.39 bits per heavy atom. The third kappa shape index (κ3) is 4.61. The molecule has 2 aliphatic heterocycles. The van der Waals surface area contributed by atoms with E-state index in [0.717, 1.165) is 4.90 Å². The molecule has 4 rings (SSSR count). The van der Waals surface area contributed by atoms with Crippen molar-refractivity contribution in [3.05, 3.63) is 48.0 Å². The summed E-state index contributed by atoms with van der Waals surface area (Å²) in [6.45, 7) is 5.38. The zero-order chi connectivity index (χ0) is 26.3. The van der Waals surface area contributed by atoms with E-state index in [4.69, 9.17) is 9.47 Å². The number of rotatable bonds is 7. The van der Waals surface area contributed by atoms with Crippen molar-refractivity contribution in [1.29, 1.82) is 0 Å². The fourth-order valence-corrected chi connectivity index (χ4v) is 5.26. The van der Waals surface area contributed by atoms with Crippen LogP contribution in [0.15, 0.2) is 47.4 Å². The largest absolute Gasteiger partial charge is 0.486 e. The number of benzene rings is 2. The molecule has 1 saturated heterocycles. The van der Waals surface area contributed by atoms with E-state index in [1.807, 2.05) is 0 Å². The van der Waals surface area contributed by atoms with Crippen molar-refractivity contribution < 1.29 is 32.3 Å². The number of imide groups is 1. The molecule has 4 amide bonds. The van der Waals surface area contributed by atoms with Gasteiger partial charge in [-0.25, -0.2) is 13.2 Å². The van der Waals surface area contributed by atoms with E-state index < -0.39 is 40.0 Å². The summed E-state index contributed by atoms with van der Waals surface area (Å²) in [6.07, 6.45) is 0. The van der Waals surface area contributed by atoms with Gasteiger partial charge in [-0.3, -0.25) is 14.5 Å². The van der Waals surface area contributed by atoms with Crippen LogP contribution in [0.1, 0.15) is 26.3 Å². The fraction of sp³-hybridized carbons (Fsp3) is 0.375. The van der Waals surface area contributed by atoms with Crippen molar-refractivity contribution in [2.24, 2.45) is 0 Å². The van der Waals surface area contributed by atoms with E-state index in [2.05, 4.69) is 10.6 Å². The summed E-state index contributed by atoms with van der Waals surface area (Å²) < 4.78 is 37.5. The first-order valence-electron chi connectivity index (χ1n) is 11.4. The first-order chi connectivity index (χ1) is 16.9. The van der Waals surface area contributed by atoms with Crippen LogP contribution in [0.5, 0.6) is 11.5 Å². The van der Waals surface area contributed by atoms with E-state index in [0.29, 0.717) is 36.0 Å². The minimum Gasteiger partial charge on any atom is -0.486 e. The highest BCUT2D eigenvalue weighted by Gasteiger charge is 2.49. The molecule has 0 aliphatic carbocycles. The summed E-state index contributed by atoms with van der Waals surface area (Å²) in [6, 6.07) is 9.73. The summed E-state index contributed by atoms with van der Waals surface area (Å²) in [7, 11) is -2.17. The van der Waals surface area contributed by atoms with Crippen LogP contribution in [0.25, 0.3) is 0 Å². The lowest BCUT2D eigenvalue weighted by molar-refractivity contribution is -0.133. The number of nitrogens with zero attached hydrogens (tertiary/aromatic N) is 2. The normalized spacial score (nSPS) is 19.6. The maximum Gasteiger partial charge on any atom is 0.325 e. The Morgan fingerprint density at radius 1 is 1.11 bits per heavy atom. The lowest BCUT2D eigenvalue weighted by atomic mass is 9.91. The lowest BCUT2D eigenvalue weighted by Gasteiger charge is -2.25. The molecule has 2 heterocycles. The van der Waals surface area contributed by atoms with E-state index in [1.54, 1.807) is 39.0 Å². The molecule has 2 N–H and O–H groups in total. The third-order valence-electron chi connectivity index (χ3n) is 6.24. The number of sulfonamides is 1. The lowest BCUT2D eigenvalue weighted by Crippen LogP contribution is -2.42. The summed E-state index contributed by atoms with van der Waals surface area (Å²) >= 11 is 0. The number of hydrogen-bond donors (Lipinski definition) is 2. The number of amides is 4. The Labute approximate surface area is 209 Å². The summed E-state index contributed by atoms with van der Waals surface area (Å²) in [5, 5.41) is 5.25. The van der Waals surface area contributed by atoms with Crippen LogP contribution in [0, 0.1) is 0 Å². The minimum absolute atomic E-state index is 0.0843. The first kappa shape index (κ1) is 25.5. The van der Waals surface area contributed by atoms with Crippen molar-refractivity contribution in [1.82, 2.24) is 14.5 Å². The maximum atomic E-state index is 13.2. The van der Waals surface area contributed by atoms with Crippen molar-refractivity contribution in [2.75, 3.05) is 32.1 Å². The number of nitrogens with one attached hydrogen (secondary N) is 2. The van der Waals surface area contributed by atoms with Crippen molar-refractivity contribution in [3.8, 4) is 11.5 Å². The number of carbonyl (C=O) groups is 3. The van der Waals surface area contributed by atoms with E-state index in [9.17, 15) is 22.8 Å². The van der Waals surface area contributed by atoms with Crippen LogP contribution < -0.4 is 20.1 Å². The van der Waals surface area contributed by atoms with Gasteiger partial charge in [0.15, 0.2) is 11.5 Å².